The van der Waals surface area contributed by atoms with E-state index in [1.165, 1.54) is 38.2 Å². The van der Waals surface area contributed by atoms with Gasteiger partial charge in [0, 0.05) is 27.5 Å². The minimum atomic E-state index is 0.628. The molecule has 0 amide bonds. The standard InChI is InChI=1S/C57H35N3O/c1-3-14-36(15-4-1)37-26-28-40(29-27-37)56-58-55(39-17-5-2-6-18-39)59-57(60-56)49-32-31-43(44-21-9-10-22-46(44)49)41-30-33-52-51(34-41)54-48-24-12-11-23-47(48)50(35-53(54)61-52)45-25-13-19-38-16-7-8-20-42(38)45/h1-35H. The van der Waals surface area contributed by atoms with Gasteiger partial charge in [0.2, 0.25) is 0 Å². The molecule has 2 aromatic heterocycles. The van der Waals surface area contributed by atoms with Crippen molar-refractivity contribution in [3.8, 4) is 67.5 Å². The third kappa shape index (κ3) is 5.96. The number of hydrogen-bond acceptors (Lipinski definition) is 4. The monoisotopic (exact) mass is 777 g/mol. The first-order valence-corrected chi connectivity index (χ1v) is 20.6. The van der Waals surface area contributed by atoms with Gasteiger partial charge in [-0.2, -0.15) is 0 Å². The molecule has 0 saturated heterocycles. The number of fused-ring (bicyclic) bond motifs is 7. The van der Waals surface area contributed by atoms with Crippen molar-refractivity contribution >= 4 is 54.3 Å². The van der Waals surface area contributed by atoms with Gasteiger partial charge in [0.05, 0.1) is 0 Å². The molecule has 0 aliphatic carbocycles. The molecule has 0 N–H and O–H groups in total. The molecule has 0 atom stereocenters. The summed E-state index contributed by atoms with van der Waals surface area (Å²) in [5, 5.41) is 9.23. The maximum atomic E-state index is 6.69. The number of furan rings is 1. The zero-order chi connectivity index (χ0) is 40.3. The number of hydrogen-bond donors (Lipinski definition) is 0. The topological polar surface area (TPSA) is 51.8 Å². The lowest BCUT2D eigenvalue weighted by atomic mass is 9.91. The van der Waals surface area contributed by atoms with E-state index < -0.39 is 0 Å². The number of rotatable bonds is 6. The molecule has 10 aromatic carbocycles. The smallest absolute Gasteiger partial charge is 0.164 e. The van der Waals surface area contributed by atoms with Gasteiger partial charge >= 0.3 is 0 Å². The van der Waals surface area contributed by atoms with Gasteiger partial charge in [0.15, 0.2) is 17.5 Å². The van der Waals surface area contributed by atoms with Crippen LogP contribution in [0.1, 0.15) is 0 Å². The number of aromatic nitrogens is 3. The van der Waals surface area contributed by atoms with Crippen LogP contribution in [-0.4, -0.2) is 15.0 Å². The van der Waals surface area contributed by atoms with E-state index in [9.17, 15) is 0 Å². The lowest BCUT2D eigenvalue weighted by Crippen LogP contribution is -2.00. The molecule has 0 radical (unpaired) electrons. The predicted molar refractivity (Wildman–Crippen MR) is 252 cm³/mol. The van der Waals surface area contributed by atoms with E-state index in [4.69, 9.17) is 19.4 Å². The molecular formula is C57H35N3O. The first-order chi connectivity index (χ1) is 30.2. The highest BCUT2D eigenvalue weighted by atomic mass is 16.3. The Kier molecular flexibility index (Phi) is 8.13. The largest absolute Gasteiger partial charge is 0.456 e. The highest BCUT2D eigenvalue weighted by molar-refractivity contribution is 6.23. The Hall–Kier alpha value is -8.21. The molecule has 0 spiro atoms. The summed E-state index contributed by atoms with van der Waals surface area (Å²) >= 11 is 0. The second-order valence-electron chi connectivity index (χ2n) is 15.5. The maximum absolute atomic E-state index is 6.69. The number of benzene rings is 10. The summed E-state index contributed by atoms with van der Waals surface area (Å²) in [6.07, 6.45) is 0. The Bertz CT molecular complexity index is 3630. The summed E-state index contributed by atoms with van der Waals surface area (Å²) in [5.41, 5.74) is 11.5. The van der Waals surface area contributed by atoms with Crippen molar-refractivity contribution in [3.63, 3.8) is 0 Å². The fraction of sp³-hybridized carbons (Fsp3) is 0. The quantitative estimate of drug-likeness (QED) is 0.169. The molecule has 2 heterocycles. The van der Waals surface area contributed by atoms with E-state index in [0.29, 0.717) is 17.5 Å². The summed E-state index contributed by atoms with van der Waals surface area (Å²) in [7, 11) is 0. The zero-order valence-electron chi connectivity index (χ0n) is 33.0. The summed E-state index contributed by atoms with van der Waals surface area (Å²) in [6.45, 7) is 0. The van der Waals surface area contributed by atoms with Crippen LogP contribution in [-0.2, 0) is 0 Å². The Labute approximate surface area is 352 Å². The Balaban J connectivity index is 1.00. The lowest BCUT2D eigenvalue weighted by molar-refractivity contribution is 0.669. The van der Waals surface area contributed by atoms with Crippen LogP contribution in [0.25, 0.3) is 122 Å². The fourth-order valence-corrected chi connectivity index (χ4v) is 9.02. The molecule has 12 aromatic rings. The molecule has 4 heteroatoms. The van der Waals surface area contributed by atoms with E-state index in [1.54, 1.807) is 0 Å². The van der Waals surface area contributed by atoms with Crippen molar-refractivity contribution in [3.05, 3.63) is 212 Å². The van der Waals surface area contributed by atoms with E-state index in [2.05, 4.69) is 176 Å². The van der Waals surface area contributed by atoms with Crippen LogP contribution in [0.15, 0.2) is 217 Å². The van der Waals surface area contributed by atoms with Crippen molar-refractivity contribution in [2.45, 2.75) is 0 Å². The average Bonchev–Trinajstić information content (AvgIpc) is 3.72. The minimum absolute atomic E-state index is 0.628. The minimum Gasteiger partial charge on any atom is -0.456 e. The third-order valence-electron chi connectivity index (χ3n) is 12.0. The molecule has 284 valence electrons. The number of nitrogens with zero attached hydrogens (tertiary/aromatic N) is 3. The zero-order valence-corrected chi connectivity index (χ0v) is 33.0. The molecule has 0 saturated carbocycles. The Morgan fingerprint density at radius 1 is 0.262 bits per heavy atom. The van der Waals surface area contributed by atoms with Crippen molar-refractivity contribution in [2.24, 2.45) is 0 Å². The van der Waals surface area contributed by atoms with Crippen molar-refractivity contribution in [1.29, 1.82) is 0 Å². The molecule has 4 nitrogen and oxygen atoms in total. The molecule has 0 bridgehead atoms. The highest BCUT2D eigenvalue weighted by Gasteiger charge is 2.19. The van der Waals surface area contributed by atoms with Crippen LogP contribution in [0, 0.1) is 0 Å². The second kappa shape index (κ2) is 14.3. The van der Waals surface area contributed by atoms with Crippen LogP contribution in [0.4, 0.5) is 0 Å². The molecule has 0 aliphatic rings. The molecule has 61 heavy (non-hydrogen) atoms. The third-order valence-corrected chi connectivity index (χ3v) is 12.0. The van der Waals surface area contributed by atoms with Gasteiger partial charge < -0.3 is 4.42 Å². The van der Waals surface area contributed by atoms with Gasteiger partial charge in [0.1, 0.15) is 11.2 Å². The van der Waals surface area contributed by atoms with Gasteiger partial charge in [-0.25, -0.2) is 15.0 Å². The first-order valence-electron chi connectivity index (χ1n) is 20.6. The predicted octanol–water partition coefficient (Wildman–Crippen LogP) is 15.2. The van der Waals surface area contributed by atoms with Crippen LogP contribution < -0.4 is 0 Å². The molecule has 12 rings (SSSR count). The van der Waals surface area contributed by atoms with Crippen molar-refractivity contribution in [2.75, 3.05) is 0 Å². The SMILES string of the molecule is c1ccc(-c2ccc(-c3nc(-c4ccccc4)nc(-c4ccc(-c5ccc6oc7cc(-c8cccc9ccccc89)c8ccccc8c7c6c5)c5ccccc45)n3)cc2)cc1. The van der Waals surface area contributed by atoms with Crippen molar-refractivity contribution < 1.29 is 4.42 Å². The van der Waals surface area contributed by atoms with Crippen LogP contribution in [0.5, 0.6) is 0 Å². The van der Waals surface area contributed by atoms with Gasteiger partial charge in [-0.3, -0.25) is 0 Å². The molecular weight excluding hydrogens is 743 g/mol. The summed E-state index contributed by atoms with van der Waals surface area (Å²) < 4.78 is 6.69. The van der Waals surface area contributed by atoms with Gasteiger partial charge in [-0.05, 0) is 90.0 Å². The molecule has 0 unspecified atom stereocenters. The normalized spacial score (nSPS) is 11.6. The summed E-state index contributed by atoms with van der Waals surface area (Å²) in [4.78, 5) is 15.3. The van der Waals surface area contributed by atoms with E-state index in [-0.39, 0.29) is 0 Å². The second-order valence-corrected chi connectivity index (χ2v) is 15.5. The molecule has 0 aliphatic heterocycles. The Morgan fingerprint density at radius 3 is 1.51 bits per heavy atom. The van der Waals surface area contributed by atoms with Crippen molar-refractivity contribution in [1.82, 2.24) is 15.0 Å². The first kappa shape index (κ1) is 34.8. The van der Waals surface area contributed by atoms with E-state index >= 15 is 0 Å². The van der Waals surface area contributed by atoms with Gasteiger partial charge in [-0.15, -0.1) is 0 Å². The van der Waals surface area contributed by atoms with Gasteiger partial charge in [0.25, 0.3) is 0 Å². The van der Waals surface area contributed by atoms with E-state index in [0.717, 1.165) is 66.1 Å². The maximum Gasteiger partial charge on any atom is 0.164 e. The van der Waals surface area contributed by atoms with Crippen LogP contribution in [0.3, 0.4) is 0 Å². The fourth-order valence-electron chi connectivity index (χ4n) is 9.02. The van der Waals surface area contributed by atoms with Crippen LogP contribution in [0.2, 0.25) is 0 Å². The highest BCUT2D eigenvalue weighted by Crippen LogP contribution is 2.44. The average molecular weight is 778 g/mol. The van der Waals surface area contributed by atoms with Gasteiger partial charge in [-0.1, -0.05) is 188 Å². The van der Waals surface area contributed by atoms with E-state index in [1.807, 2.05) is 36.4 Å². The molecule has 0 fully saturated rings. The van der Waals surface area contributed by atoms with Crippen LogP contribution >= 0.6 is 0 Å². The summed E-state index contributed by atoms with van der Waals surface area (Å²) in [6, 6.07) is 74.6. The Morgan fingerprint density at radius 2 is 0.770 bits per heavy atom. The lowest BCUT2D eigenvalue weighted by Gasteiger charge is -2.13. The summed E-state index contributed by atoms with van der Waals surface area (Å²) in [5.74, 6) is 1.89.